The van der Waals surface area contributed by atoms with E-state index in [-0.39, 0.29) is 10.7 Å². The van der Waals surface area contributed by atoms with Crippen molar-refractivity contribution in [3.63, 3.8) is 0 Å². The van der Waals surface area contributed by atoms with Crippen molar-refractivity contribution < 1.29 is 18.4 Å². The number of hydrogen-bond donors (Lipinski definition) is 2. The SMILES string of the molecule is O=C(NN=Cc1ccc(F)cc1)C(=O)Nc1ccc(F)c(Cl)c1. The van der Waals surface area contributed by atoms with Crippen LogP contribution >= 0.6 is 11.6 Å². The fraction of sp³-hybridized carbons (Fsp3) is 0. The summed E-state index contributed by atoms with van der Waals surface area (Å²) in [7, 11) is 0. The number of hydrazone groups is 1. The van der Waals surface area contributed by atoms with Crippen molar-refractivity contribution in [1.29, 1.82) is 0 Å². The molecule has 8 heteroatoms. The van der Waals surface area contributed by atoms with E-state index in [2.05, 4.69) is 10.4 Å². The Labute approximate surface area is 135 Å². The molecule has 5 nitrogen and oxygen atoms in total. The normalized spacial score (nSPS) is 10.6. The number of halogens is 3. The van der Waals surface area contributed by atoms with Crippen molar-refractivity contribution in [2.75, 3.05) is 5.32 Å². The molecule has 2 aromatic carbocycles. The van der Waals surface area contributed by atoms with Gasteiger partial charge >= 0.3 is 11.8 Å². The lowest BCUT2D eigenvalue weighted by molar-refractivity contribution is -0.136. The van der Waals surface area contributed by atoms with E-state index < -0.39 is 23.4 Å². The Hall–Kier alpha value is -2.80. The summed E-state index contributed by atoms with van der Waals surface area (Å²) in [6, 6.07) is 8.85. The van der Waals surface area contributed by atoms with Gasteiger partial charge in [0.1, 0.15) is 11.6 Å². The second-order valence-corrected chi connectivity index (χ2v) is 4.74. The second kappa shape index (κ2) is 7.46. The molecule has 0 aliphatic rings. The first-order valence-electron chi connectivity index (χ1n) is 6.31. The lowest BCUT2D eigenvalue weighted by atomic mass is 10.2. The van der Waals surface area contributed by atoms with Gasteiger partial charge in [-0.05, 0) is 35.9 Å². The van der Waals surface area contributed by atoms with E-state index in [9.17, 15) is 18.4 Å². The minimum Gasteiger partial charge on any atom is -0.318 e. The van der Waals surface area contributed by atoms with Crippen LogP contribution in [0.5, 0.6) is 0 Å². The Morgan fingerprint density at radius 1 is 1.04 bits per heavy atom. The molecule has 0 atom stereocenters. The van der Waals surface area contributed by atoms with Gasteiger partial charge in [-0.3, -0.25) is 9.59 Å². The topological polar surface area (TPSA) is 70.6 Å². The van der Waals surface area contributed by atoms with Crippen LogP contribution in [-0.4, -0.2) is 18.0 Å². The number of nitrogens with one attached hydrogen (secondary N) is 2. The van der Waals surface area contributed by atoms with Crippen LogP contribution in [0.4, 0.5) is 14.5 Å². The molecule has 0 saturated heterocycles. The van der Waals surface area contributed by atoms with E-state index in [0.717, 1.165) is 6.07 Å². The molecule has 2 rings (SSSR count). The Morgan fingerprint density at radius 3 is 2.39 bits per heavy atom. The minimum atomic E-state index is -1.02. The standard InChI is InChI=1S/C15H10ClF2N3O2/c16-12-7-11(5-6-13(12)18)20-14(22)15(23)21-19-8-9-1-3-10(17)4-2-9/h1-8H,(H,20,22)(H,21,23). The summed E-state index contributed by atoms with van der Waals surface area (Å²) in [6.45, 7) is 0. The Kier molecular flexibility index (Phi) is 5.37. The smallest absolute Gasteiger partial charge is 0.318 e. The van der Waals surface area contributed by atoms with E-state index in [1.54, 1.807) is 0 Å². The first kappa shape index (κ1) is 16.6. The van der Waals surface area contributed by atoms with Crippen LogP contribution < -0.4 is 10.7 Å². The van der Waals surface area contributed by atoms with E-state index in [4.69, 9.17) is 11.6 Å². The van der Waals surface area contributed by atoms with Gasteiger partial charge < -0.3 is 5.32 Å². The Bertz CT molecular complexity index is 764. The molecule has 2 aromatic rings. The maximum Gasteiger partial charge on any atom is 0.329 e. The average molecular weight is 338 g/mol. The molecule has 23 heavy (non-hydrogen) atoms. The number of hydrogen-bond acceptors (Lipinski definition) is 3. The lowest BCUT2D eigenvalue weighted by Gasteiger charge is -2.04. The number of carbonyl (C=O) groups excluding carboxylic acids is 2. The summed E-state index contributed by atoms with van der Waals surface area (Å²) in [5.74, 6) is -3.06. The van der Waals surface area contributed by atoms with Crippen LogP contribution in [0.25, 0.3) is 0 Å². The van der Waals surface area contributed by atoms with Crippen molar-refractivity contribution in [3.8, 4) is 0 Å². The number of anilines is 1. The number of benzene rings is 2. The number of nitrogens with zero attached hydrogens (tertiary/aromatic N) is 1. The van der Waals surface area contributed by atoms with E-state index >= 15 is 0 Å². The first-order valence-corrected chi connectivity index (χ1v) is 6.68. The third kappa shape index (κ3) is 4.86. The van der Waals surface area contributed by atoms with Crippen LogP contribution in [0.15, 0.2) is 47.6 Å². The van der Waals surface area contributed by atoms with Crippen LogP contribution in [0.3, 0.4) is 0 Å². The van der Waals surface area contributed by atoms with Gasteiger partial charge in [-0.25, -0.2) is 14.2 Å². The highest BCUT2D eigenvalue weighted by Crippen LogP contribution is 2.19. The van der Waals surface area contributed by atoms with Crippen molar-refractivity contribution in [1.82, 2.24) is 5.43 Å². The van der Waals surface area contributed by atoms with Crippen molar-refractivity contribution in [3.05, 3.63) is 64.7 Å². The summed E-state index contributed by atoms with van der Waals surface area (Å²) in [5, 5.41) is 5.63. The minimum absolute atomic E-state index is 0.166. The van der Waals surface area contributed by atoms with E-state index in [0.29, 0.717) is 5.56 Å². The molecule has 0 aliphatic heterocycles. The predicted molar refractivity (Wildman–Crippen MR) is 82.2 cm³/mol. The third-order valence-corrected chi connectivity index (χ3v) is 2.92. The fourth-order valence-corrected chi connectivity index (χ4v) is 1.71. The molecule has 0 bridgehead atoms. The van der Waals surface area contributed by atoms with Gasteiger partial charge in [0, 0.05) is 5.69 Å². The number of carbonyl (C=O) groups is 2. The molecule has 0 radical (unpaired) electrons. The van der Waals surface area contributed by atoms with Gasteiger partial charge in [0.25, 0.3) is 0 Å². The molecule has 0 fully saturated rings. The molecule has 0 unspecified atom stereocenters. The summed E-state index contributed by atoms with van der Waals surface area (Å²) in [4.78, 5) is 23.2. The molecule has 0 spiro atoms. The van der Waals surface area contributed by atoms with Gasteiger partial charge in [-0.2, -0.15) is 5.10 Å². The molecule has 0 aromatic heterocycles. The molecule has 2 N–H and O–H groups in total. The van der Waals surface area contributed by atoms with Crippen molar-refractivity contribution in [2.45, 2.75) is 0 Å². The summed E-state index contributed by atoms with van der Waals surface area (Å²) in [5.41, 5.74) is 2.71. The highest BCUT2D eigenvalue weighted by Gasteiger charge is 2.13. The van der Waals surface area contributed by atoms with Crippen molar-refractivity contribution in [2.24, 2.45) is 5.10 Å². The van der Waals surface area contributed by atoms with Crippen LogP contribution in [0, 0.1) is 11.6 Å². The molecule has 0 heterocycles. The zero-order valence-corrected chi connectivity index (χ0v) is 12.3. The van der Waals surface area contributed by atoms with Crippen LogP contribution in [-0.2, 0) is 9.59 Å². The Balaban J connectivity index is 1.90. The molecular weight excluding hydrogens is 328 g/mol. The Morgan fingerprint density at radius 2 is 1.74 bits per heavy atom. The maximum absolute atomic E-state index is 13.0. The fourth-order valence-electron chi connectivity index (χ4n) is 1.53. The van der Waals surface area contributed by atoms with Gasteiger partial charge in [0.05, 0.1) is 11.2 Å². The first-order chi connectivity index (χ1) is 11.0. The average Bonchev–Trinajstić information content (AvgIpc) is 2.52. The number of amides is 2. The molecule has 2 amide bonds. The molecular formula is C15H10ClF2N3O2. The van der Waals surface area contributed by atoms with E-state index in [1.807, 2.05) is 5.43 Å². The molecule has 0 saturated carbocycles. The van der Waals surface area contributed by atoms with Gasteiger partial charge in [-0.15, -0.1) is 0 Å². The number of rotatable bonds is 3. The van der Waals surface area contributed by atoms with Gasteiger partial charge in [-0.1, -0.05) is 23.7 Å². The quantitative estimate of drug-likeness (QED) is 0.513. The largest absolute Gasteiger partial charge is 0.329 e. The second-order valence-electron chi connectivity index (χ2n) is 4.33. The van der Waals surface area contributed by atoms with Crippen LogP contribution in [0.2, 0.25) is 5.02 Å². The monoisotopic (exact) mass is 337 g/mol. The van der Waals surface area contributed by atoms with Crippen LogP contribution in [0.1, 0.15) is 5.56 Å². The molecule has 0 aliphatic carbocycles. The highest BCUT2D eigenvalue weighted by atomic mass is 35.5. The lowest BCUT2D eigenvalue weighted by Crippen LogP contribution is -2.32. The summed E-state index contributed by atoms with van der Waals surface area (Å²) < 4.78 is 25.7. The zero-order chi connectivity index (χ0) is 16.8. The predicted octanol–water partition coefficient (Wildman–Crippen LogP) is 2.71. The van der Waals surface area contributed by atoms with Crippen molar-refractivity contribution >= 4 is 35.3 Å². The molecule has 118 valence electrons. The summed E-state index contributed by atoms with van der Waals surface area (Å²) in [6.07, 6.45) is 1.25. The third-order valence-electron chi connectivity index (χ3n) is 2.63. The van der Waals surface area contributed by atoms with Gasteiger partial charge in [0.15, 0.2) is 0 Å². The maximum atomic E-state index is 13.0. The zero-order valence-electron chi connectivity index (χ0n) is 11.5. The summed E-state index contributed by atoms with van der Waals surface area (Å²) >= 11 is 5.56. The highest BCUT2D eigenvalue weighted by molar-refractivity contribution is 6.39. The van der Waals surface area contributed by atoms with Gasteiger partial charge in [0.2, 0.25) is 0 Å². The van der Waals surface area contributed by atoms with E-state index in [1.165, 1.54) is 42.6 Å².